The molecule has 248 valence electrons. The lowest BCUT2D eigenvalue weighted by Crippen LogP contribution is -2.34. The van der Waals surface area contributed by atoms with Crippen LogP contribution >= 0.6 is 45.4 Å². The Morgan fingerprint density at radius 2 is 1.47 bits per heavy atom. The van der Waals surface area contributed by atoms with Crippen molar-refractivity contribution in [3.63, 3.8) is 0 Å². The van der Waals surface area contributed by atoms with Crippen LogP contribution in [0.15, 0.2) is 96.6 Å². The molecule has 4 heteroatoms. The van der Waals surface area contributed by atoms with E-state index in [1.54, 1.807) is 0 Å². The van der Waals surface area contributed by atoms with E-state index in [-0.39, 0.29) is 0 Å². The molecule has 2 aromatic rings. The molecule has 0 N–H and O–H groups in total. The van der Waals surface area contributed by atoms with Gasteiger partial charge in [-0.15, -0.1) is 0 Å². The number of fused-ring (bicyclic) bond motifs is 1. The van der Waals surface area contributed by atoms with Gasteiger partial charge in [-0.05, 0) is 85.9 Å². The van der Waals surface area contributed by atoms with Crippen molar-refractivity contribution in [2.24, 2.45) is 40.9 Å². The van der Waals surface area contributed by atoms with Crippen LogP contribution in [0.1, 0.15) is 99.3 Å². The van der Waals surface area contributed by atoms with Crippen LogP contribution in [0.25, 0.3) is 0 Å². The topological polar surface area (TPSA) is 9.23 Å². The van der Waals surface area contributed by atoms with Crippen molar-refractivity contribution in [2.75, 3.05) is 6.61 Å². The first-order chi connectivity index (χ1) is 21.7. The Hall–Kier alpha value is -0.490. The summed E-state index contributed by atoms with van der Waals surface area (Å²) < 4.78 is 6.38. The van der Waals surface area contributed by atoms with Crippen LogP contribution in [-0.4, -0.2) is 6.61 Å². The molecule has 45 heavy (non-hydrogen) atoms. The maximum Gasteiger partial charge on any atom is 0.0922 e. The average molecular weight is 853 g/mol. The smallest absolute Gasteiger partial charge is 0.0922 e. The van der Waals surface area contributed by atoms with Crippen LogP contribution in [-0.2, 0) is 4.52 Å². The summed E-state index contributed by atoms with van der Waals surface area (Å²) in [5, 5.41) is 2.53. The highest BCUT2D eigenvalue weighted by atomic mass is 128. The number of rotatable bonds is 9. The third-order valence-corrected chi connectivity index (χ3v) is 12.7. The molecule has 0 spiro atoms. The fraction of sp³-hybridized carbons (Fsp3) is 0.561. The van der Waals surface area contributed by atoms with Crippen molar-refractivity contribution < 1.29 is 4.52 Å². The zero-order valence-electron chi connectivity index (χ0n) is 28.9. The zero-order chi connectivity index (χ0) is 32.8. The van der Waals surface area contributed by atoms with E-state index in [9.17, 15) is 0 Å². The molecule has 0 heterocycles. The SMILES string of the molecule is C=C1[C@H](C)CC(=CCOP(c2ccccc2)c2ccccc2)C[C@H]1C.CC(C)C/C=C/[C@@H](C)[C@H]1CC[C@H]2CCCC[C@@]21C.II. The fourth-order valence-electron chi connectivity index (χ4n) is 8.11. The Labute approximate surface area is 301 Å². The molecule has 1 nitrogen and oxygen atoms in total. The van der Waals surface area contributed by atoms with E-state index in [0.717, 1.165) is 36.5 Å². The second-order valence-electron chi connectivity index (χ2n) is 14.5. The van der Waals surface area contributed by atoms with Crippen molar-refractivity contribution in [2.45, 2.75) is 99.3 Å². The predicted molar refractivity (Wildman–Crippen MR) is 218 cm³/mol. The number of halogens is 2. The molecule has 0 saturated heterocycles. The van der Waals surface area contributed by atoms with E-state index in [4.69, 9.17) is 4.52 Å². The van der Waals surface area contributed by atoms with Gasteiger partial charge in [-0.2, -0.15) is 0 Å². The molecule has 3 fully saturated rings. The van der Waals surface area contributed by atoms with E-state index < -0.39 is 8.15 Å². The standard InChI is InChI=1S/C23H27OP.C18H32.I2/c1-18-16-21(17-19(2)20(18)3)14-15-24-25(22-10-6-4-7-11-22)23-12-8-5-9-13-23;1-14(2)8-7-9-15(3)17-12-11-16-10-5-6-13-18(16,17)4;1-2/h4-14,18-19H,3,15-17H2,1-2H3;7,9,14-17H,5-6,8,10-13H2,1-4H3;/b;9-7+;/t18-,19-;15-,16-,17-,18+;/m11./s1. The molecule has 0 aromatic heterocycles. The minimum Gasteiger partial charge on any atom is -0.346 e. The van der Waals surface area contributed by atoms with Gasteiger partial charge in [0.15, 0.2) is 0 Å². The highest BCUT2D eigenvalue weighted by molar-refractivity contribution is 15.0. The Kier molecular flexibility index (Phi) is 17.4. The molecule has 0 amide bonds. The van der Waals surface area contributed by atoms with Gasteiger partial charge in [0.25, 0.3) is 0 Å². The van der Waals surface area contributed by atoms with Crippen molar-refractivity contribution in [3.05, 3.63) is 96.6 Å². The summed E-state index contributed by atoms with van der Waals surface area (Å²) in [6.07, 6.45) is 19.7. The van der Waals surface area contributed by atoms with Gasteiger partial charge in [0.05, 0.1) is 14.8 Å². The number of allylic oxidation sites excluding steroid dienone is 4. The Morgan fingerprint density at radius 1 is 0.889 bits per heavy atom. The molecular weight excluding hydrogens is 793 g/mol. The van der Waals surface area contributed by atoms with Gasteiger partial charge in [0.1, 0.15) is 0 Å². The van der Waals surface area contributed by atoms with Gasteiger partial charge >= 0.3 is 0 Å². The van der Waals surface area contributed by atoms with Crippen LogP contribution in [0.2, 0.25) is 0 Å². The minimum absolute atomic E-state index is 0.583. The highest BCUT2D eigenvalue weighted by Crippen LogP contribution is 2.57. The fourth-order valence-corrected chi connectivity index (χ4v) is 9.81. The average Bonchev–Trinajstić information content (AvgIpc) is 3.41. The normalized spacial score (nSPS) is 27.0. The molecule has 2 aromatic carbocycles. The van der Waals surface area contributed by atoms with Crippen LogP contribution in [0.3, 0.4) is 0 Å². The summed E-state index contributed by atoms with van der Waals surface area (Å²) in [6.45, 7) is 19.2. The molecule has 0 unspecified atom stereocenters. The third-order valence-electron chi connectivity index (χ3n) is 10.8. The summed E-state index contributed by atoms with van der Waals surface area (Å²) in [5.41, 5.74) is 3.58. The molecule has 0 bridgehead atoms. The lowest BCUT2D eigenvalue weighted by Gasteiger charge is -2.42. The lowest BCUT2D eigenvalue weighted by atomic mass is 9.63. The number of hydrogen-bond donors (Lipinski definition) is 0. The molecule has 3 saturated carbocycles. The Balaban J connectivity index is 0.000000244. The third kappa shape index (κ3) is 11.6. The van der Waals surface area contributed by atoms with E-state index >= 15 is 0 Å². The first-order valence-electron chi connectivity index (χ1n) is 17.4. The molecular formula is C41H59I2OP. The summed E-state index contributed by atoms with van der Waals surface area (Å²) >= 11 is 4.24. The lowest BCUT2D eigenvalue weighted by molar-refractivity contribution is 0.0809. The maximum atomic E-state index is 6.38. The first-order valence-corrected chi connectivity index (χ1v) is 24.9. The Bertz CT molecular complexity index is 1140. The van der Waals surface area contributed by atoms with Gasteiger partial charge in [0, 0.05) is 47.8 Å². The van der Waals surface area contributed by atoms with Crippen molar-refractivity contribution >= 4 is 56.0 Å². The maximum absolute atomic E-state index is 6.38. The summed E-state index contributed by atoms with van der Waals surface area (Å²) in [4.78, 5) is 0. The number of hydrogen-bond acceptors (Lipinski definition) is 1. The molecule has 5 rings (SSSR count). The second kappa shape index (κ2) is 20.1. The highest BCUT2D eigenvalue weighted by Gasteiger charge is 2.48. The van der Waals surface area contributed by atoms with E-state index in [1.807, 2.05) is 0 Å². The van der Waals surface area contributed by atoms with Crippen molar-refractivity contribution in [1.29, 1.82) is 0 Å². The molecule has 3 aliphatic carbocycles. The quantitative estimate of drug-likeness (QED) is 0.139. The van der Waals surface area contributed by atoms with Gasteiger partial charge in [-0.1, -0.05) is 151 Å². The van der Waals surface area contributed by atoms with Crippen molar-refractivity contribution in [3.8, 4) is 0 Å². The van der Waals surface area contributed by atoms with Crippen LogP contribution in [0.5, 0.6) is 0 Å². The van der Waals surface area contributed by atoms with Crippen LogP contribution in [0.4, 0.5) is 0 Å². The van der Waals surface area contributed by atoms with Gasteiger partial charge in [-0.25, -0.2) is 0 Å². The second-order valence-corrected chi connectivity index (χ2v) is 16.3. The zero-order valence-corrected chi connectivity index (χ0v) is 34.1. The number of benzene rings is 2. The minimum atomic E-state index is -0.771. The molecule has 0 aliphatic heterocycles. The summed E-state index contributed by atoms with van der Waals surface area (Å²) in [5.74, 6) is 4.75. The van der Waals surface area contributed by atoms with Crippen LogP contribution in [0, 0.1) is 40.9 Å². The van der Waals surface area contributed by atoms with E-state index in [1.165, 1.54) is 66.7 Å². The largest absolute Gasteiger partial charge is 0.346 e. The first kappa shape index (κ1) is 39.0. The predicted octanol–water partition coefficient (Wildman–Crippen LogP) is 13.2. The van der Waals surface area contributed by atoms with Gasteiger partial charge in [0.2, 0.25) is 0 Å². The van der Waals surface area contributed by atoms with Gasteiger partial charge < -0.3 is 4.52 Å². The van der Waals surface area contributed by atoms with Gasteiger partial charge in [-0.3, -0.25) is 0 Å². The molecule has 6 atom stereocenters. The van der Waals surface area contributed by atoms with E-state index in [2.05, 4.69) is 164 Å². The Morgan fingerprint density at radius 3 is 2.02 bits per heavy atom. The molecule has 0 radical (unpaired) electrons. The summed E-state index contributed by atoms with van der Waals surface area (Å²) in [7, 11) is -0.771. The van der Waals surface area contributed by atoms with Crippen LogP contribution < -0.4 is 10.6 Å². The van der Waals surface area contributed by atoms with Crippen molar-refractivity contribution in [1.82, 2.24) is 0 Å². The van der Waals surface area contributed by atoms with E-state index in [0.29, 0.717) is 23.9 Å². The molecule has 3 aliphatic rings. The summed E-state index contributed by atoms with van der Waals surface area (Å²) in [6, 6.07) is 21.1. The monoisotopic (exact) mass is 852 g/mol.